The molecule has 2 unspecified atom stereocenters. The Labute approximate surface area is 210 Å². The molecule has 0 bridgehead atoms. The fraction of sp³-hybridized carbons (Fsp3) is 0.269. The van der Waals surface area contributed by atoms with Crippen LogP contribution >= 0.6 is 11.3 Å². The van der Waals surface area contributed by atoms with Gasteiger partial charge in [-0.1, -0.05) is 18.2 Å². The highest BCUT2D eigenvalue weighted by Crippen LogP contribution is 2.47. The normalized spacial score (nSPS) is 18.5. The van der Waals surface area contributed by atoms with Crippen molar-refractivity contribution < 1.29 is 32.6 Å². The minimum absolute atomic E-state index is 0.0628. The van der Waals surface area contributed by atoms with Gasteiger partial charge < -0.3 is 14.8 Å². The van der Waals surface area contributed by atoms with Crippen LogP contribution in [-0.2, 0) is 19.1 Å². The zero-order chi connectivity index (χ0) is 26.0. The number of benzene rings is 2. The Balaban J connectivity index is 1.74. The number of para-hydroxylation sites is 1. The monoisotopic (exact) mass is 514 g/mol. The van der Waals surface area contributed by atoms with E-state index in [2.05, 4.69) is 5.32 Å². The summed E-state index contributed by atoms with van der Waals surface area (Å²) in [4.78, 5) is 38.2. The number of anilines is 3. The molecule has 1 aromatic heterocycles. The fourth-order valence-corrected chi connectivity index (χ4v) is 4.89. The summed E-state index contributed by atoms with van der Waals surface area (Å²) in [6.45, 7) is 4.08. The molecule has 4 rings (SSSR count). The number of hydrogen-bond acceptors (Lipinski definition) is 7. The largest absolute Gasteiger partial charge is 0.451 e. The Kier molecular flexibility index (Phi) is 7.07. The molecule has 1 N–H and O–H groups in total. The van der Waals surface area contributed by atoms with Crippen LogP contribution in [0.25, 0.3) is 0 Å². The van der Waals surface area contributed by atoms with E-state index < -0.39 is 42.5 Å². The number of thiophene rings is 1. The van der Waals surface area contributed by atoms with Crippen molar-refractivity contribution in [3.63, 3.8) is 0 Å². The van der Waals surface area contributed by atoms with E-state index in [1.54, 1.807) is 41.7 Å². The van der Waals surface area contributed by atoms with Gasteiger partial charge in [-0.25, -0.2) is 8.78 Å². The highest BCUT2D eigenvalue weighted by Gasteiger charge is 2.52. The quantitative estimate of drug-likeness (QED) is 0.422. The van der Waals surface area contributed by atoms with Crippen LogP contribution in [0.3, 0.4) is 0 Å². The second kappa shape index (κ2) is 10.1. The number of hydrogen-bond donors (Lipinski definition) is 1. The third-order valence-electron chi connectivity index (χ3n) is 5.65. The average Bonchev–Trinajstić information content (AvgIpc) is 3.18. The Morgan fingerprint density at radius 3 is 2.28 bits per heavy atom. The summed E-state index contributed by atoms with van der Waals surface area (Å²) in [7, 11) is 0. The van der Waals surface area contributed by atoms with Crippen LogP contribution < -0.4 is 10.2 Å². The van der Waals surface area contributed by atoms with Crippen molar-refractivity contribution in [3.05, 3.63) is 76.7 Å². The topological polar surface area (TPSA) is 84.9 Å². The second-order valence-corrected chi connectivity index (χ2v) is 9.30. The van der Waals surface area contributed by atoms with Crippen LogP contribution in [0.1, 0.15) is 47.9 Å². The first kappa shape index (κ1) is 25.3. The molecular weight excluding hydrogens is 490 g/mol. The van der Waals surface area contributed by atoms with Crippen LogP contribution in [0, 0.1) is 6.92 Å². The number of alkyl halides is 2. The van der Waals surface area contributed by atoms with Crippen LogP contribution in [-0.4, -0.2) is 30.0 Å². The molecule has 10 heteroatoms. The first-order valence-corrected chi connectivity index (χ1v) is 12.0. The number of ether oxygens (including phenoxy) is 2. The number of rotatable bonds is 5. The van der Waals surface area contributed by atoms with Gasteiger partial charge in [-0.3, -0.25) is 19.3 Å². The number of nitrogens with one attached hydrogen (secondary N) is 1. The molecule has 0 fully saturated rings. The highest BCUT2D eigenvalue weighted by molar-refractivity contribution is 7.14. The molecule has 2 heterocycles. The fourth-order valence-electron chi connectivity index (χ4n) is 4.05. The maximum Gasteiger partial charge on any atom is 0.304 e. The van der Waals surface area contributed by atoms with Gasteiger partial charge in [0.2, 0.25) is 0 Å². The van der Waals surface area contributed by atoms with Crippen molar-refractivity contribution in [2.24, 2.45) is 0 Å². The van der Waals surface area contributed by atoms with E-state index >= 15 is 8.78 Å². The van der Waals surface area contributed by atoms with Gasteiger partial charge in [0.15, 0.2) is 12.3 Å². The molecule has 0 saturated carbocycles. The van der Waals surface area contributed by atoms with E-state index in [4.69, 9.17) is 9.47 Å². The van der Waals surface area contributed by atoms with Gasteiger partial charge in [-0.15, -0.1) is 11.3 Å². The van der Waals surface area contributed by atoms with E-state index in [0.29, 0.717) is 0 Å². The van der Waals surface area contributed by atoms with Crippen molar-refractivity contribution in [2.75, 3.05) is 10.2 Å². The van der Waals surface area contributed by atoms with Gasteiger partial charge in [0.25, 0.3) is 11.8 Å². The van der Waals surface area contributed by atoms with Gasteiger partial charge in [-0.05, 0) is 54.3 Å². The lowest BCUT2D eigenvalue weighted by Crippen LogP contribution is -2.45. The van der Waals surface area contributed by atoms with Crippen molar-refractivity contribution in [2.45, 2.75) is 45.4 Å². The van der Waals surface area contributed by atoms with Crippen LogP contribution in [0.4, 0.5) is 25.2 Å². The first-order chi connectivity index (χ1) is 17.1. The molecule has 2 atom stereocenters. The number of fused-ring (bicyclic) bond motifs is 1. The maximum absolute atomic E-state index is 15.4. The zero-order valence-electron chi connectivity index (χ0n) is 19.8. The Hall–Kier alpha value is -3.79. The van der Waals surface area contributed by atoms with Gasteiger partial charge in [-0.2, -0.15) is 0 Å². The zero-order valence-corrected chi connectivity index (χ0v) is 20.6. The SMILES string of the molecule is CC(=O)OC1CC(F)(F)C(OC(C)=O)c2ccccc2N1C(=O)c1ccc(Nc2sccc2C)cc1. The van der Waals surface area contributed by atoms with E-state index in [9.17, 15) is 14.4 Å². The lowest BCUT2D eigenvalue weighted by Gasteiger charge is -2.31. The van der Waals surface area contributed by atoms with E-state index in [1.807, 2.05) is 18.4 Å². The molecule has 36 heavy (non-hydrogen) atoms. The number of esters is 2. The Bertz CT molecular complexity index is 1290. The molecule has 7 nitrogen and oxygen atoms in total. The second-order valence-electron chi connectivity index (χ2n) is 8.39. The molecule has 1 aliphatic rings. The summed E-state index contributed by atoms with van der Waals surface area (Å²) in [5.74, 6) is -6.00. The van der Waals surface area contributed by atoms with E-state index in [0.717, 1.165) is 35.0 Å². The highest BCUT2D eigenvalue weighted by atomic mass is 32.1. The minimum Gasteiger partial charge on any atom is -0.451 e. The molecule has 0 aliphatic carbocycles. The number of amides is 1. The number of nitrogens with zero attached hydrogens (tertiary/aromatic N) is 1. The average molecular weight is 515 g/mol. The summed E-state index contributed by atoms with van der Waals surface area (Å²) < 4.78 is 40.9. The standard InChI is InChI=1S/C26H24F2N2O5S/c1-15-12-13-36-24(15)29-19-10-8-18(9-11-19)25(33)30-21-7-5-4-6-20(21)23(35-17(3)32)26(27,28)14-22(30)34-16(2)31/h4-13,22-23,29H,14H2,1-3H3. The van der Waals surface area contributed by atoms with Gasteiger partial charge >= 0.3 is 11.9 Å². The first-order valence-electron chi connectivity index (χ1n) is 11.1. The Morgan fingerprint density at radius 1 is 1.00 bits per heavy atom. The predicted molar refractivity (Wildman–Crippen MR) is 132 cm³/mol. The van der Waals surface area contributed by atoms with Crippen molar-refractivity contribution in [1.29, 1.82) is 0 Å². The van der Waals surface area contributed by atoms with E-state index in [1.165, 1.54) is 18.2 Å². The molecule has 1 amide bonds. The maximum atomic E-state index is 15.4. The van der Waals surface area contributed by atoms with Gasteiger partial charge in [0.05, 0.1) is 17.1 Å². The van der Waals surface area contributed by atoms with Crippen molar-refractivity contribution >= 4 is 45.6 Å². The molecule has 0 spiro atoms. The number of halogens is 2. The molecule has 0 saturated heterocycles. The van der Waals surface area contributed by atoms with Crippen LogP contribution in [0.15, 0.2) is 60.0 Å². The van der Waals surface area contributed by atoms with Gasteiger partial charge in [0.1, 0.15) is 0 Å². The minimum atomic E-state index is -3.62. The summed E-state index contributed by atoms with van der Waals surface area (Å²) in [6.07, 6.45) is -4.64. The third-order valence-corrected chi connectivity index (χ3v) is 6.59. The van der Waals surface area contributed by atoms with Crippen LogP contribution in [0.2, 0.25) is 0 Å². The number of carbonyl (C=O) groups is 3. The third kappa shape index (κ3) is 5.23. The smallest absolute Gasteiger partial charge is 0.304 e. The summed E-state index contributed by atoms with van der Waals surface area (Å²) in [6, 6.07) is 14.4. The molecule has 0 radical (unpaired) electrons. The summed E-state index contributed by atoms with van der Waals surface area (Å²) in [5.41, 5.74) is 2.02. The Morgan fingerprint density at radius 2 is 1.67 bits per heavy atom. The van der Waals surface area contributed by atoms with E-state index in [-0.39, 0.29) is 16.8 Å². The number of aryl methyl sites for hydroxylation is 1. The summed E-state index contributed by atoms with van der Waals surface area (Å²) >= 11 is 1.54. The van der Waals surface area contributed by atoms with Gasteiger partial charge in [0, 0.05) is 30.7 Å². The lowest BCUT2D eigenvalue weighted by molar-refractivity contribution is -0.181. The van der Waals surface area contributed by atoms with Crippen LogP contribution in [0.5, 0.6) is 0 Å². The van der Waals surface area contributed by atoms with Crippen molar-refractivity contribution in [3.8, 4) is 0 Å². The number of carbonyl (C=O) groups excluding carboxylic acids is 3. The van der Waals surface area contributed by atoms with Crippen molar-refractivity contribution in [1.82, 2.24) is 0 Å². The molecule has 188 valence electrons. The lowest BCUT2D eigenvalue weighted by atomic mass is 10.0. The molecule has 2 aromatic carbocycles. The molecule has 3 aromatic rings. The molecule has 1 aliphatic heterocycles. The summed E-state index contributed by atoms with van der Waals surface area (Å²) in [5, 5.41) is 6.19. The predicted octanol–water partition coefficient (Wildman–Crippen LogP) is 5.98. The molecular formula is C26H24F2N2O5S.